The van der Waals surface area contributed by atoms with Crippen molar-refractivity contribution in [1.29, 1.82) is 0 Å². The Labute approximate surface area is 131 Å². The molecule has 1 aromatic carbocycles. The van der Waals surface area contributed by atoms with Gasteiger partial charge in [-0.15, -0.1) is 0 Å². The summed E-state index contributed by atoms with van der Waals surface area (Å²) < 4.78 is 26.5. The Bertz CT molecular complexity index is 665. The molecule has 0 spiro atoms. The summed E-state index contributed by atoms with van der Waals surface area (Å²) in [5, 5.41) is 8.87. The molecular formula is C14H19BN2O4S. The van der Waals surface area contributed by atoms with Gasteiger partial charge in [-0.2, -0.15) is 0 Å². The van der Waals surface area contributed by atoms with E-state index in [2.05, 4.69) is 5.80 Å². The quantitative estimate of drug-likeness (QED) is 0.457. The molecule has 0 aromatic heterocycles. The van der Waals surface area contributed by atoms with Crippen molar-refractivity contribution < 1.29 is 18.4 Å². The van der Waals surface area contributed by atoms with Gasteiger partial charge in [-0.3, -0.25) is 0 Å². The van der Waals surface area contributed by atoms with Crippen LogP contribution in [0.15, 0.2) is 29.2 Å². The summed E-state index contributed by atoms with van der Waals surface area (Å²) in [7, 11) is 1.30. The van der Waals surface area contributed by atoms with Crippen molar-refractivity contribution in [3.63, 3.8) is 0 Å². The Kier molecular flexibility index (Phi) is 6.38. The number of nitrogens with zero attached hydrogens (tertiary/aromatic N) is 1. The first-order valence-electron chi connectivity index (χ1n) is 6.71. The number of sulfonamides is 1. The average Bonchev–Trinajstić information content (AvgIpc) is 2.46. The summed E-state index contributed by atoms with van der Waals surface area (Å²) in [6.07, 6.45) is 0. The van der Waals surface area contributed by atoms with Crippen molar-refractivity contribution in [2.75, 3.05) is 6.54 Å². The van der Waals surface area contributed by atoms with Crippen LogP contribution in [-0.2, 0) is 14.8 Å². The first-order chi connectivity index (χ1) is 10.3. The molecule has 6 nitrogen and oxygen atoms in total. The topological polar surface area (TPSA) is 86.7 Å². The zero-order valence-corrected chi connectivity index (χ0v) is 13.6. The van der Waals surface area contributed by atoms with E-state index in [0.717, 1.165) is 9.87 Å². The van der Waals surface area contributed by atoms with Crippen LogP contribution in [0.1, 0.15) is 19.4 Å². The zero-order valence-electron chi connectivity index (χ0n) is 12.8. The van der Waals surface area contributed by atoms with E-state index >= 15 is 0 Å². The third kappa shape index (κ3) is 3.98. The van der Waals surface area contributed by atoms with Gasteiger partial charge in [-0.25, -0.2) is 0 Å². The summed E-state index contributed by atoms with van der Waals surface area (Å²) in [6, 6.07) is 5.15. The van der Waals surface area contributed by atoms with Crippen molar-refractivity contribution in [1.82, 2.24) is 9.79 Å². The van der Waals surface area contributed by atoms with Gasteiger partial charge in [0.2, 0.25) is 0 Å². The molecule has 0 aliphatic heterocycles. The number of benzene rings is 1. The number of rotatable bonds is 6. The van der Waals surface area contributed by atoms with E-state index in [9.17, 15) is 13.2 Å². The van der Waals surface area contributed by atoms with Gasteiger partial charge in [0.05, 0.1) is 0 Å². The number of carbonyl (C=O) groups is 1. The molecule has 0 aliphatic carbocycles. The van der Waals surface area contributed by atoms with E-state index < -0.39 is 22.0 Å². The van der Waals surface area contributed by atoms with Crippen LogP contribution in [0.2, 0.25) is 0 Å². The number of hydrogen-bond acceptors (Lipinski definition) is 4. The second-order valence-corrected chi connectivity index (χ2v) is 7.12. The molecule has 1 aromatic rings. The Morgan fingerprint density at radius 1 is 1.36 bits per heavy atom. The Morgan fingerprint density at radius 3 is 2.32 bits per heavy atom. The predicted molar refractivity (Wildman–Crippen MR) is 83.3 cm³/mol. The molecule has 0 radical (unpaired) electrons. The SMILES string of the molecule is B#CCN([C@@H](C(=O)NO)C(C)C)S(=O)(=O)c1ccc(C)cc1. The molecule has 0 aliphatic rings. The third-order valence-electron chi connectivity index (χ3n) is 3.20. The fourth-order valence-electron chi connectivity index (χ4n) is 2.10. The van der Waals surface area contributed by atoms with Gasteiger partial charge in [-0.05, 0) is 0 Å². The minimum atomic E-state index is -3.96. The van der Waals surface area contributed by atoms with Crippen molar-refractivity contribution in [3.8, 4) is 5.80 Å². The molecule has 0 fully saturated rings. The third-order valence-corrected chi connectivity index (χ3v) is 5.04. The molecule has 1 atom stereocenters. The zero-order chi connectivity index (χ0) is 16.9. The normalized spacial score (nSPS) is 13.1. The van der Waals surface area contributed by atoms with Gasteiger partial charge < -0.3 is 0 Å². The van der Waals surface area contributed by atoms with Gasteiger partial charge in [0.15, 0.2) is 0 Å². The molecule has 0 bridgehead atoms. The van der Waals surface area contributed by atoms with Gasteiger partial charge in [-0.1, -0.05) is 0 Å². The predicted octanol–water partition coefficient (Wildman–Crippen LogP) is 0.643. The number of amides is 1. The van der Waals surface area contributed by atoms with Crippen LogP contribution in [0.5, 0.6) is 0 Å². The molecule has 1 amide bonds. The molecule has 0 unspecified atom stereocenters. The van der Waals surface area contributed by atoms with E-state index in [1.165, 1.54) is 17.6 Å². The molecule has 1 rings (SSSR count). The van der Waals surface area contributed by atoms with Crippen LogP contribution in [0, 0.1) is 18.6 Å². The van der Waals surface area contributed by atoms with Gasteiger partial charge in [0.25, 0.3) is 0 Å². The second-order valence-electron chi connectivity index (χ2n) is 5.23. The molecule has 0 saturated heterocycles. The second kappa shape index (κ2) is 7.60. The number of carbonyl (C=O) groups excluding carboxylic acids is 1. The van der Waals surface area contributed by atoms with E-state index in [1.54, 1.807) is 26.0 Å². The molecule has 22 heavy (non-hydrogen) atoms. The molecule has 118 valence electrons. The average molecular weight is 322 g/mol. The van der Waals surface area contributed by atoms with E-state index in [0.29, 0.717) is 0 Å². The van der Waals surface area contributed by atoms with Crippen LogP contribution < -0.4 is 5.48 Å². The van der Waals surface area contributed by atoms with Gasteiger partial charge >= 0.3 is 131 Å². The van der Waals surface area contributed by atoms with E-state index in [-0.39, 0.29) is 17.4 Å². The van der Waals surface area contributed by atoms with Crippen LogP contribution >= 0.6 is 0 Å². The van der Waals surface area contributed by atoms with Crippen molar-refractivity contribution in [2.24, 2.45) is 5.92 Å². The van der Waals surface area contributed by atoms with E-state index in [4.69, 9.17) is 12.5 Å². The standard InChI is InChI=1S/C14H19BN2O4S/c1-10(2)13(14(18)16-19)17(9-8-15)22(20,21)12-6-4-11(3)5-7-12/h4-7,10,13,19H,9H2,1-3H3,(H,16,18)/t13-/m1/s1. The number of aryl methyl sites for hydroxylation is 1. The summed E-state index contributed by atoms with van der Waals surface area (Å²) in [5.74, 6) is 1.06. The molecule has 2 N–H and O–H groups in total. The fourth-order valence-corrected chi connectivity index (χ4v) is 3.73. The van der Waals surface area contributed by atoms with Gasteiger partial charge in [0.1, 0.15) is 0 Å². The number of hydrogen-bond donors (Lipinski definition) is 2. The Morgan fingerprint density at radius 2 is 1.91 bits per heavy atom. The Balaban J connectivity index is 3.37. The number of nitrogens with one attached hydrogen (secondary N) is 1. The van der Waals surface area contributed by atoms with E-state index in [1.807, 2.05) is 6.92 Å². The van der Waals surface area contributed by atoms with Gasteiger partial charge in [0, 0.05) is 0 Å². The summed E-state index contributed by atoms with van der Waals surface area (Å²) in [4.78, 5) is 11.9. The minimum absolute atomic E-state index is 0.0461. The maximum absolute atomic E-state index is 12.8. The van der Waals surface area contributed by atoms with Crippen molar-refractivity contribution >= 4 is 23.3 Å². The van der Waals surface area contributed by atoms with Crippen LogP contribution in [0.3, 0.4) is 0 Å². The molecule has 0 heterocycles. The Hall–Kier alpha value is -1.60. The van der Waals surface area contributed by atoms with Crippen LogP contribution in [0.25, 0.3) is 0 Å². The van der Waals surface area contributed by atoms with Crippen molar-refractivity contribution in [3.05, 3.63) is 29.8 Å². The molecule has 0 saturated carbocycles. The monoisotopic (exact) mass is 322 g/mol. The number of hydroxylamine groups is 1. The molecular weight excluding hydrogens is 303 g/mol. The van der Waals surface area contributed by atoms with Crippen LogP contribution in [-0.4, -0.2) is 43.8 Å². The van der Waals surface area contributed by atoms with Crippen molar-refractivity contribution in [2.45, 2.75) is 31.7 Å². The summed E-state index contributed by atoms with van der Waals surface area (Å²) in [6.45, 7) is 4.92. The first-order valence-corrected chi connectivity index (χ1v) is 8.15. The summed E-state index contributed by atoms with van der Waals surface area (Å²) in [5.41, 5.74) is 2.42. The first kappa shape index (κ1) is 18.5. The summed E-state index contributed by atoms with van der Waals surface area (Å²) >= 11 is 0. The maximum atomic E-state index is 12.8. The fraction of sp³-hybridized carbons (Fsp3) is 0.429. The van der Waals surface area contributed by atoms with Crippen LogP contribution in [0.4, 0.5) is 0 Å². The molecule has 8 heteroatoms.